The molecule has 2 heterocycles. The van der Waals surface area contributed by atoms with Crippen molar-refractivity contribution >= 4 is 34.0 Å². The number of thiazole rings is 1. The molecule has 0 aliphatic carbocycles. The number of amides is 1. The summed E-state index contributed by atoms with van der Waals surface area (Å²) >= 11 is 7.30. The fourth-order valence-corrected chi connectivity index (χ4v) is 4.57. The minimum Gasteiger partial charge on any atom is -0.296 e. The number of carbonyl (C=O) groups excluding carboxylic acids is 1. The number of nitrogens with zero attached hydrogens (tertiary/aromatic N) is 4. The number of carbonyl (C=O) groups is 1. The topological polar surface area (TPSA) is 72.7 Å². The van der Waals surface area contributed by atoms with Gasteiger partial charge in [-0.05, 0) is 62.2 Å². The predicted molar refractivity (Wildman–Crippen MR) is 125 cm³/mol. The van der Waals surface area contributed by atoms with Crippen LogP contribution in [0, 0.1) is 20.8 Å². The lowest BCUT2D eigenvalue weighted by Gasteiger charge is -2.10. The van der Waals surface area contributed by atoms with Crippen LogP contribution in [0.2, 0.25) is 5.02 Å². The van der Waals surface area contributed by atoms with Crippen LogP contribution in [0.5, 0.6) is 0 Å². The molecule has 11 heteroatoms. The number of hydrogen-bond donors (Lipinski definition) is 1. The van der Waals surface area contributed by atoms with E-state index in [-0.39, 0.29) is 17.1 Å². The Labute approximate surface area is 202 Å². The summed E-state index contributed by atoms with van der Waals surface area (Å²) in [6.45, 7) is 5.42. The zero-order chi connectivity index (χ0) is 24.6. The Balaban J connectivity index is 1.54. The summed E-state index contributed by atoms with van der Waals surface area (Å²) in [7, 11) is 0. The quantitative estimate of drug-likeness (QED) is 0.352. The van der Waals surface area contributed by atoms with E-state index in [2.05, 4.69) is 20.6 Å². The number of aryl methyl sites for hydroxylation is 2. The van der Waals surface area contributed by atoms with Gasteiger partial charge in [-0.15, -0.1) is 16.4 Å². The third-order valence-corrected chi connectivity index (χ3v) is 6.63. The summed E-state index contributed by atoms with van der Waals surface area (Å²) in [6.07, 6.45) is -4.31. The molecule has 0 radical (unpaired) electrons. The zero-order valence-electron chi connectivity index (χ0n) is 18.4. The highest BCUT2D eigenvalue weighted by atomic mass is 35.5. The van der Waals surface area contributed by atoms with Gasteiger partial charge in [0.25, 0.3) is 5.91 Å². The van der Waals surface area contributed by atoms with Crippen molar-refractivity contribution < 1.29 is 18.0 Å². The van der Waals surface area contributed by atoms with Gasteiger partial charge in [0, 0.05) is 16.3 Å². The molecule has 0 bridgehead atoms. The van der Waals surface area contributed by atoms with Crippen molar-refractivity contribution in [1.29, 1.82) is 0 Å². The van der Waals surface area contributed by atoms with E-state index in [1.807, 2.05) is 31.2 Å². The van der Waals surface area contributed by atoms with E-state index in [4.69, 9.17) is 11.6 Å². The second-order valence-electron chi connectivity index (χ2n) is 7.74. The monoisotopic (exact) mass is 505 g/mol. The molecular weight excluding hydrogens is 487 g/mol. The molecule has 0 aliphatic rings. The molecule has 176 valence electrons. The van der Waals surface area contributed by atoms with Crippen LogP contribution in [0.15, 0.2) is 42.5 Å². The Hall–Kier alpha value is -3.24. The molecule has 0 saturated heterocycles. The Kier molecular flexibility index (Phi) is 6.46. The highest BCUT2D eigenvalue weighted by Crippen LogP contribution is 2.34. The Morgan fingerprint density at radius 2 is 1.91 bits per heavy atom. The standard InChI is InChI=1S/C23H19ClF3N5OS/c1-12-5-4-6-17(9-12)32-14(3)20(30-31-32)21(33)29-22-28-13(2)19(34-22)11-15-10-16(23(25,26)27)7-8-18(15)24/h4-10H,11H2,1-3H3,(H,28,29,33). The van der Waals surface area contributed by atoms with Crippen molar-refractivity contribution in [1.82, 2.24) is 20.0 Å². The molecule has 0 saturated carbocycles. The maximum absolute atomic E-state index is 13.1. The first-order valence-electron chi connectivity index (χ1n) is 10.2. The van der Waals surface area contributed by atoms with Gasteiger partial charge >= 0.3 is 6.18 Å². The minimum atomic E-state index is -4.46. The number of rotatable bonds is 5. The van der Waals surface area contributed by atoms with Gasteiger partial charge in [-0.2, -0.15) is 13.2 Å². The summed E-state index contributed by atoms with van der Waals surface area (Å²) < 4.78 is 40.8. The molecule has 6 nitrogen and oxygen atoms in total. The van der Waals surface area contributed by atoms with Crippen LogP contribution in [0.3, 0.4) is 0 Å². The summed E-state index contributed by atoms with van der Waals surface area (Å²) in [5.74, 6) is -0.478. The minimum absolute atomic E-state index is 0.150. The first-order valence-corrected chi connectivity index (χ1v) is 11.3. The van der Waals surface area contributed by atoms with Crippen molar-refractivity contribution in [2.24, 2.45) is 0 Å². The molecule has 2 aromatic heterocycles. The second kappa shape index (κ2) is 9.19. The first kappa shape index (κ1) is 23.9. The smallest absolute Gasteiger partial charge is 0.296 e. The number of aromatic nitrogens is 4. The van der Waals surface area contributed by atoms with Gasteiger partial charge in [0.2, 0.25) is 0 Å². The molecule has 0 fully saturated rings. The lowest BCUT2D eigenvalue weighted by molar-refractivity contribution is -0.137. The van der Waals surface area contributed by atoms with Gasteiger partial charge < -0.3 is 0 Å². The fourth-order valence-electron chi connectivity index (χ4n) is 3.41. The molecule has 0 atom stereocenters. The summed E-state index contributed by atoms with van der Waals surface area (Å²) in [5.41, 5.74) is 2.70. The average Bonchev–Trinajstić information content (AvgIpc) is 3.30. The van der Waals surface area contributed by atoms with E-state index < -0.39 is 17.6 Å². The Morgan fingerprint density at radius 3 is 2.62 bits per heavy atom. The van der Waals surface area contributed by atoms with Gasteiger partial charge in [0.15, 0.2) is 10.8 Å². The maximum Gasteiger partial charge on any atom is 0.416 e. The summed E-state index contributed by atoms with van der Waals surface area (Å²) in [6, 6.07) is 10.9. The summed E-state index contributed by atoms with van der Waals surface area (Å²) in [5, 5.41) is 11.4. The number of halogens is 4. The highest BCUT2D eigenvalue weighted by molar-refractivity contribution is 7.15. The van der Waals surface area contributed by atoms with Crippen LogP contribution in [0.1, 0.15) is 43.4 Å². The molecule has 34 heavy (non-hydrogen) atoms. The fraction of sp³-hybridized carbons (Fsp3) is 0.217. The van der Waals surface area contributed by atoms with Gasteiger partial charge in [0.1, 0.15) is 0 Å². The number of alkyl halides is 3. The third-order valence-electron chi connectivity index (χ3n) is 5.19. The molecule has 0 unspecified atom stereocenters. The van der Waals surface area contributed by atoms with Crippen LogP contribution in [0.25, 0.3) is 5.69 Å². The van der Waals surface area contributed by atoms with Crippen LogP contribution in [0.4, 0.5) is 18.3 Å². The number of anilines is 1. The van der Waals surface area contributed by atoms with Crippen molar-refractivity contribution in [2.45, 2.75) is 33.4 Å². The van der Waals surface area contributed by atoms with Gasteiger partial charge in [-0.3, -0.25) is 10.1 Å². The predicted octanol–water partition coefficient (Wildman–Crippen LogP) is 6.16. The van der Waals surface area contributed by atoms with E-state index in [9.17, 15) is 18.0 Å². The van der Waals surface area contributed by atoms with Crippen molar-refractivity contribution in [3.05, 3.63) is 86.1 Å². The largest absolute Gasteiger partial charge is 0.416 e. The van der Waals surface area contributed by atoms with Gasteiger partial charge in [0.05, 0.1) is 22.6 Å². The van der Waals surface area contributed by atoms with Crippen molar-refractivity contribution in [3.63, 3.8) is 0 Å². The third kappa shape index (κ3) is 4.97. The van der Waals surface area contributed by atoms with Crippen LogP contribution in [-0.4, -0.2) is 25.9 Å². The van der Waals surface area contributed by atoms with E-state index in [0.29, 0.717) is 27.0 Å². The molecule has 1 amide bonds. The molecule has 4 aromatic rings. The molecule has 2 aromatic carbocycles. The first-order chi connectivity index (χ1) is 16.0. The van der Waals surface area contributed by atoms with E-state index in [1.54, 1.807) is 18.5 Å². The van der Waals surface area contributed by atoms with Crippen LogP contribution >= 0.6 is 22.9 Å². The van der Waals surface area contributed by atoms with E-state index in [1.165, 1.54) is 17.4 Å². The normalized spacial score (nSPS) is 11.6. The average molecular weight is 506 g/mol. The Morgan fingerprint density at radius 1 is 1.15 bits per heavy atom. The highest BCUT2D eigenvalue weighted by Gasteiger charge is 2.31. The van der Waals surface area contributed by atoms with Crippen molar-refractivity contribution in [2.75, 3.05) is 5.32 Å². The molecule has 0 aliphatic heterocycles. The second-order valence-corrected chi connectivity index (χ2v) is 9.23. The molecule has 4 rings (SSSR count). The van der Waals surface area contributed by atoms with Crippen LogP contribution in [-0.2, 0) is 12.6 Å². The Bertz CT molecular complexity index is 1380. The lowest BCUT2D eigenvalue weighted by Crippen LogP contribution is -2.14. The number of nitrogens with one attached hydrogen (secondary N) is 1. The number of hydrogen-bond acceptors (Lipinski definition) is 5. The maximum atomic E-state index is 13.1. The molecular formula is C23H19ClF3N5OS. The summed E-state index contributed by atoms with van der Waals surface area (Å²) in [4.78, 5) is 17.9. The number of benzene rings is 2. The molecule has 0 spiro atoms. The van der Waals surface area contributed by atoms with E-state index >= 15 is 0 Å². The molecule has 1 N–H and O–H groups in total. The van der Waals surface area contributed by atoms with E-state index in [0.717, 1.165) is 23.4 Å². The van der Waals surface area contributed by atoms with Crippen molar-refractivity contribution in [3.8, 4) is 5.69 Å². The zero-order valence-corrected chi connectivity index (χ0v) is 19.9. The van der Waals surface area contributed by atoms with Gasteiger partial charge in [-0.1, -0.05) is 28.9 Å². The SMILES string of the molecule is Cc1cccc(-n2nnc(C(=O)Nc3nc(C)c(Cc4cc(C(F)(F)F)ccc4Cl)s3)c2C)c1. The lowest BCUT2D eigenvalue weighted by atomic mass is 10.1. The van der Waals surface area contributed by atoms with Gasteiger partial charge in [-0.25, -0.2) is 9.67 Å². The van der Waals surface area contributed by atoms with Crippen LogP contribution < -0.4 is 5.32 Å².